The Labute approximate surface area is 235 Å². The van der Waals surface area contributed by atoms with Crippen LogP contribution in [0.2, 0.25) is 0 Å². The number of nitrogens with zero attached hydrogens (tertiary/aromatic N) is 4. The molecule has 2 N–H and O–H groups in total. The number of benzene rings is 3. The number of carbonyl (C=O) groups excluding carboxylic acids is 1. The Hall–Kier alpha value is -4.43. The van der Waals surface area contributed by atoms with Gasteiger partial charge in [0.05, 0.1) is 26.2 Å². The highest BCUT2D eigenvalue weighted by atomic mass is 16.5. The largest absolute Gasteiger partial charge is 0.497 e. The molecule has 8 heteroatoms. The van der Waals surface area contributed by atoms with E-state index < -0.39 is 0 Å². The minimum Gasteiger partial charge on any atom is -0.497 e. The number of nitrogens with one attached hydrogen (secondary N) is 2. The van der Waals surface area contributed by atoms with Gasteiger partial charge in [-0.15, -0.1) is 10.2 Å². The van der Waals surface area contributed by atoms with Crippen LogP contribution in [0.4, 0.5) is 0 Å². The molecule has 1 amide bonds. The molecule has 0 bridgehead atoms. The lowest BCUT2D eigenvalue weighted by molar-refractivity contribution is -0.122. The van der Waals surface area contributed by atoms with E-state index in [1.54, 1.807) is 7.11 Å². The van der Waals surface area contributed by atoms with Crippen molar-refractivity contribution in [3.05, 3.63) is 113 Å². The number of para-hydroxylation sites is 1. The highest BCUT2D eigenvalue weighted by Gasteiger charge is 2.25. The highest BCUT2D eigenvalue weighted by molar-refractivity contribution is 5.83. The van der Waals surface area contributed by atoms with Gasteiger partial charge in [0, 0.05) is 29.9 Å². The lowest BCUT2D eigenvalue weighted by atomic mass is 10.0. The first-order valence-electron chi connectivity index (χ1n) is 13.6. The molecule has 0 unspecified atom stereocenters. The maximum absolute atomic E-state index is 13.1. The van der Waals surface area contributed by atoms with Gasteiger partial charge >= 0.3 is 0 Å². The second-order valence-electron chi connectivity index (χ2n) is 10.3. The van der Waals surface area contributed by atoms with Crippen LogP contribution in [0.3, 0.4) is 0 Å². The van der Waals surface area contributed by atoms with E-state index in [2.05, 4.69) is 68.5 Å². The van der Waals surface area contributed by atoms with Gasteiger partial charge in [0.25, 0.3) is 0 Å². The van der Waals surface area contributed by atoms with Crippen LogP contribution in [-0.4, -0.2) is 58.3 Å². The van der Waals surface area contributed by atoms with Crippen molar-refractivity contribution in [2.45, 2.75) is 31.8 Å². The van der Waals surface area contributed by atoms with Gasteiger partial charge < -0.3 is 24.5 Å². The lowest BCUT2D eigenvalue weighted by Crippen LogP contribution is -2.38. The summed E-state index contributed by atoms with van der Waals surface area (Å²) in [5, 5.41) is 13.8. The average Bonchev–Trinajstić information content (AvgIpc) is 3.56. The van der Waals surface area contributed by atoms with Crippen LogP contribution in [-0.2, 0) is 30.6 Å². The van der Waals surface area contributed by atoms with Gasteiger partial charge in [0.2, 0.25) is 5.91 Å². The molecule has 0 aliphatic rings. The van der Waals surface area contributed by atoms with Crippen LogP contribution in [0.1, 0.15) is 34.4 Å². The minimum absolute atomic E-state index is 0.0559. The summed E-state index contributed by atoms with van der Waals surface area (Å²) >= 11 is 0. The first kappa shape index (κ1) is 27.1. The number of methoxy groups -OCH3 is 1. The van der Waals surface area contributed by atoms with Gasteiger partial charge in [-0.05, 0) is 55.4 Å². The number of aromatic nitrogens is 4. The molecule has 0 aliphatic carbocycles. The molecule has 2 aromatic heterocycles. The number of aryl methyl sites for hydroxylation is 2. The number of aromatic amines is 1. The Kier molecular flexibility index (Phi) is 8.56. The molecule has 0 fully saturated rings. The van der Waals surface area contributed by atoms with E-state index in [1.165, 1.54) is 5.56 Å². The molecule has 0 saturated heterocycles. The Balaban J connectivity index is 1.51. The summed E-state index contributed by atoms with van der Waals surface area (Å²) in [7, 11) is 5.45. The van der Waals surface area contributed by atoms with Crippen molar-refractivity contribution in [3.63, 3.8) is 0 Å². The number of likely N-dealkylation sites (N-methyl/N-ethyl adjacent to an activating group) is 1. The Morgan fingerprint density at radius 3 is 2.45 bits per heavy atom. The van der Waals surface area contributed by atoms with E-state index in [4.69, 9.17) is 9.84 Å². The Morgan fingerprint density at radius 1 is 0.950 bits per heavy atom. The minimum atomic E-state index is -0.358. The number of H-pyrrole nitrogens is 1. The fraction of sp³-hybridized carbons (Fsp3) is 0.281. The summed E-state index contributed by atoms with van der Waals surface area (Å²) < 4.78 is 7.53. The average molecular weight is 537 g/mol. The monoisotopic (exact) mass is 536 g/mol. The van der Waals surface area contributed by atoms with Gasteiger partial charge in [0.15, 0.2) is 5.82 Å². The van der Waals surface area contributed by atoms with Crippen LogP contribution in [0.15, 0.2) is 85.1 Å². The van der Waals surface area contributed by atoms with E-state index in [0.717, 1.165) is 52.3 Å². The number of carbonyl (C=O) groups is 1. The van der Waals surface area contributed by atoms with Crippen LogP contribution in [0.25, 0.3) is 10.9 Å². The molecule has 3 aromatic carbocycles. The molecule has 0 saturated carbocycles. The number of hydrogen-bond donors (Lipinski definition) is 2. The fourth-order valence-corrected chi connectivity index (χ4v) is 5.03. The lowest BCUT2D eigenvalue weighted by Gasteiger charge is -2.21. The van der Waals surface area contributed by atoms with Crippen molar-refractivity contribution in [2.24, 2.45) is 0 Å². The summed E-state index contributed by atoms with van der Waals surface area (Å²) in [5.41, 5.74) is 4.54. The molecule has 8 nitrogen and oxygen atoms in total. The maximum Gasteiger partial charge on any atom is 0.234 e. The fourth-order valence-electron chi connectivity index (χ4n) is 5.03. The van der Waals surface area contributed by atoms with Crippen molar-refractivity contribution in [2.75, 3.05) is 27.7 Å². The van der Waals surface area contributed by atoms with Gasteiger partial charge in [-0.25, -0.2) is 0 Å². The van der Waals surface area contributed by atoms with E-state index in [1.807, 2.05) is 55.5 Å². The zero-order valence-electron chi connectivity index (χ0n) is 23.3. The van der Waals surface area contributed by atoms with Crippen molar-refractivity contribution in [1.82, 2.24) is 30.0 Å². The smallest absolute Gasteiger partial charge is 0.234 e. The van der Waals surface area contributed by atoms with E-state index in [0.29, 0.717) is 13.0 Å². The summed E-state index contributed by atoms with van der Waals surface area (Å²) in [6.45, 7) is 0.877. The second kappa shape index (κ2) is 12.6. The predicted octanol–water partition coefficient (Wildman–Crippen LogP) is 4.56. The standard InChI is InChI=1S/C32H36N6O2/c1-37(2)22-31(39)34-29(19-25-20-33-28-12-8-7-11-27(25)28)32-36-35-30(18-15-23-9-5-4-6-10-23)38(32)21-24-13-16-26(40-3)17-14-24/h4-14,16-17,20,29,33H,15,18-19,21-22H2,1-3H3,(H,34,39)/t29-/m1/s1. The number of amides is 1. The van der Waals surface area contributed by atoms with Gasteiger partial charge in [-0.2, -0.15) is 0 Å². The molecule has 40 heavy (non-hydrogen) atoms. The van der Waals surface area contributed by atoms with Crippen LogP contribution in [0, 0.1) is 0 Å². The third kappa shape index (κ3) is 6.58. The van der Waals surface area contributed by atoms with Crippen LogP contribution >= 0.6 is 0 Å². The summed E-state index contributed by atoms with van der Waals surface area (Å²) in [4.78, 5) is 18.3. The maximum atomic E-state index is 13.1. The molecule has 1 atom stereocenters. The number of rotatable bonds is 12. The summed E-state index contributed by atoms with van der Waals surface area (Å²) in [5.74, 6) is 2.39. The zero-order chi connectivity index (χ0) is 27.9. The summed E-state index contributed by atoms with van der Waals surface area (Å²) in [6, 6.07) is 26.3. The van der Waals surface area contributed by atoms with Gasteiger partial charge in [0.1, 0.15) is 11.6 Å². The van der Waals surface area contributed by atoms with Gasteiger partial charge in [-0.3, -0.25) is 4.79 Å². The van der Waals surface area contributed by atoms with Gasteiger partial charge in [-0.1, -0.05) is 60.7 Å². The predicted molar refractivity (Wildman–Crippen MR) is 157 cm³/mol. The second-order valence-corrected chi connectivity index (χ2v) is 10.3. The molecule has 0 spiro atoms. The third-order valence-corrected chi connectivity index (χ3v) is 7.04. The number of fused-ring (bicyclic) bond motifs is 1. The SMILES string of the molecule is COc1ccc(Cn2c(CCc3ccccc3)nnc2[C@@H](Cc2c[nH]c3ccccc23)NC(=O)CN(C)C)cc1. The Bertz CT molecular complexity index is 1540. The molecule has 0 radical (unpaired) electrons. The molecule has 206 valence electrons. The molecule has 5 rings (SSSR count). The summed E-state index contributed by atoms with van der Waals surface area (Å²) in [6.07, 6.45) is 4.19. The van der Waals surface area contributed by atoms with E-state index >= 15 is 0 Å². The van der Waals surface area contributed by atoms with Crippen LogP contribution < -0.4 is 10.1 Å². The van der Waals surface area contributed by atoms with Crippen molar-refractivity contribution < 1.29 is 9.53 Å². The topological polar surface area (TPSA) is 88.1 Å². The molecule has 2 heterocycles. The quantitative estimate of drug-likeness (QED) is 0.244. The first-order valence-corrected chi connectivity index (χ1v) is 13.6. The zero-order valence-corrected chi connectivity index (χ0v) is 23.3. The van der Waals surface area contributed by atoms with Crippen molar-refractivity contribution in [3.8, 4) is 5.75 Å². The Morgan fingerprint density at radius 2 is 1.70 bits per heavy atom. The highest BCUT2D eigenvalue weighted by Crippen LogP contribution is 2.26. The van der Waals surface area contributed by atoms with Crippen molar-refractivity contribution >= 4 is 16.8 Å². The number of hydrogen-bond acceptors (Lipinski definition) is 5. The normalized spacial score (nSPS) is 12.1. The van der Waals surface area contributed by atoms with Crippen LogP contribution in [0.5, 0.6) is 5.75 Å². The van der Waals surface area contributed by atoms with Crippen molar-refractivity contribution in [1.29, 1.82) is 0 Å². The third-order valence-electron chi connectivity index (χ3n) is 7.04. The van der Waals surface area contributed by atoms with E-state index in [-0.39, 0.29) is 18.5 Å². The molecule has 0 aliphatic heterocycles. The molecular weight excluding hydrogens is 500 g/mol. The first-order chi connectivity index (χ1) is 19.5. The molecular formula is C32H36N6O2. The molecule has 5 aromatic rings. The number of ether oxygens (including phenoxy) is 1. The van der Waals surface area contributed by atoms with E-state index in [9.17, 15) is 4.79 Å².